The average molecular weight is 337 g/mol. The summed E-state index contributed by atoms with van der Waals surface area (Å²) in [4.78, 5) is 12.8. The number of amides is 1. The molecule has 0 fully saturated rings. The predicted molar refractivity (Wildman–Crippen MR) is 93.8 cm³/mol. The largest absolute Gasteiger partial charge is 0.321 e. The van der Waals surface area contributed by atoms with Gasteiger partial charge in [-0.1, -0.05) is 6.07 Å². The van der Waals surface area contributed by atoms with Crippen LogP contribution in [0.25, 0.3) is 22.2 Å². The first kappa shape index (κ1) is 14.6. The quantitative estimate of drug-likeness (QED) is 0.570. The van der Waals surface area contributed by atoms with Crippen LogP contribution in [0.4, 0.5) is 10.1 Å². The van der Waals surface area contributed by atoms with Crippen molar-refractivity contribution < 1.29 is 9.18 Å². The van der Waals surface area contributed by atoms with Gasteiger partial charge in [0.15, 0.2) is 0 Å². The van der Waals surface area contributed by atoms with Crippen LogP contribution in [0.2, 0.25) is 0 Å². The van der Waals surface area contributed by atoms with Gasteiger partial charge in [-0.2, -0.15) is 5.10 Å². The Bertz CT molecular complexity index is 1010. The maximum atomic E-state index is 13.1. The molecule has 2 aromatic heterocycles. The zero-order chi connectivity index (χ0) is 16.5. The molecule has 2 heterocycles. The van der Waals surface area contributed by atoms with Gasteiger partial charge >= 0.3 is 0 Å². The van der Waals surface area contributed by atoms with Crippen LogP contribution in [0, 0.1) is 5.82 Å². The Labute approximate surface area is 141 Å². The SMILES string of the molecule is O=C(Nc1ccc2[nH]nc(-c3ccc(F)cc3)c2c1)c1cccs1. The van der Waals surface area contributed by atoms with E-state index in [0.717, 1.165) is 22.2 Å². The first-order valence-corrected chi connectivity index (χ1v) is 8.17. The van der Waals surface area contributed by atoms with Crippen molar-refractivity contribution in [1.82, 2.24) is 10.2 Å². The Morgan fingerprint density at radius 3 is 2.71 bits per heavy atom. The molecule has 0 unspecified atom stereocenters. The summed E-state index contributed by atoms with van der Waals surface area (Å²) >= 11 is 1.39. The van der Waals surface area contributed by atoms with Crippen LogP contribution in [-0.2, 0) is 0 Å². The summed E-state index contributed by atoms with van der Waals surface area (Å²) in [5.41, 5.74) is 3.07. The number of nitrogens with one attached hydrogen (secondary N) is 2. The van der Waals surface area contributed by atoms with Gasteiger partial charge in [0.2, 0.25) is 0 Å². The number of nitrogens with zero attached hydrogens (tertiary/aromatic N) is 1. The molecule has 4 rings (SSSR count). The van der Waals surface area contributed by atoms with E-state index >= 15 is 0 Å². The van der Waals surface area contributed by atoms with Gasteiger partial charge in [-0.05, 0) is 53.9 Å². The Hall–Kier alpha value is -2.99. The van der Waals surface area contributed by atoms with Crippen LogP contribution in [0.3, 0.4) is 0 Å². The van der Waals surface area contributed by atoms with Crippen LogP contribution in [0.15, 0.2) is 60.0 Å². The molecule has 0 radical (unpaired) electrons. The maximum Gasteiger partial charge on any atom is 0.265 e. The number of thiophene rings is 1. The van der Waals surface area contributed by atoms with Crippen molar-refractivity contribution in [3.63, 3.8) is 0 Å². The number of benzene rings is 2. The van der Waals surface area contributed by atoms with Gasteiger partial charge in [-0.15, -0.1) is 11.3 Å². The number of halogens is 1. The van der Waals surface area contributed by atoms with Crippen LogP contribution in [0.5, 0.6) is 0 Å². The lowest BCUT2D eigenvalue weighted by Gasteiger charge is -2.04. The molecule has 6 heteroatoms. The number of carbonyl (C=O) groups excluding carboxylic acids is 1. The monoisotopic (exact) mass is 337 g/mol. The molecule has 118 valence electrons. The Balaban J connectivity index is 1.70. The zero-order valence-electron chi connectivity index (χ0n) is 12.4. The zero-order valence-corrected chi connectivity index (χ0v) is 13.2. The third-order valence-electron chi connectivity index (χ3n) is 3.68. The molecule has 0 bridgehead atoms. The van der Waals surface area contributed by atoms with Crippen molar-refractivity contribution in [3.8, 4) is 11.3 Å². The van der Waals surface area contributed by atoms with Gasteiger partial charge in [-0.3, -0.25) is 9.89 Å². The van der Waals surface area contributed by atoms with E-state index in [0.29, 0.717) is 10.6 Å². The first-order valence-electron chi connectivity index (χ1n) is 7.29. The van der Waals surface area contributed by atoms with Gasteiger partial charge in [-0.25, -0.2) is 4.39 Å². The minimum atomic E-state index is -0.289. The summed E-state index contributed by atoms with van der Waals surface area (Å²) in [5.74, 6) is -0.432. The highest BCUT2D eigenvalue weighted by Gasteiger charge is 2.11. The number of fused-ring (bicyclic) bond motifs is 1. The molecular weight excluding hydrogens is 325 g/mol. The van der Waals surface area contributed by atoms with Crippen molar-refractivity contribution in [2.24, 2.45) is 0 Å². The maximum absolute atomic E-state index is 13.1. The lowest BCUT2D eigenvalue weighted by Crippen LogP contribution is -2.09. The van der Waals surface area contributed by atoms with Crippen molar-refractivity contribution in [2.45, 2.75) is 0 Å². The summed E-state index contributed by atoms with van der Waals surface area (Å²) in [6, 6.07) is 15.3. The summed E-state index contributed by atoms with van der Waals surface area (Å²) in [6.45, 7) is 0. The minimum Gasteiger partial charge on any atom is -0.321 e. The number of carbonyl (C=O) groups is 1. The fraction of sp³-hybridized carbons (Fsp3) is 0. The van der Waals surface area contributed by atoms with Crippen molar-refractivity contribution >= 4 is 33.8 Å². The minimum absolute atomic E-state index is 0.142. The number of anilines is 1. The van der Waals surface area contributed by atoms with Gasteiger partial charge in [0, 0.05) is 16.6 Å². The van der Waals surface area contributed by atoms with Crippen LogP contribution in [-0.4, -0.2) is 16.1 Å². The number of hydrogen-bond donors (Lipinski definition) is 2. The number of aromatic nitrogens is 2. The average Bonchev–Trinajstić information content (AvgIpc) is 3.25. The van der Waals surface area contributed by atoms with Gasteiger partial charge in [0.05, 0.1) is 16.1 Å². The fourth-order valence-electron chi connectivity index (χ4n) is 2.52. The number of H-pyrrole nitrogens is 1. The molecule has 0 saturated heterocycles. The van der Waals surface area contributed by atoms with Crippen molar-refractivity contribution in [3.05, 3.63) is 70.7 Å². The number of aromatic amines is 1. The molecule has 2 N–H and O–H groups in total. The van der Waals surface area contributed by atoms with E-state index in [-0.39, 0.29) is 11.7 Å². The third-order valence-corrected chi connectivity index (χ3v) is 4.55. The lowest BCUT2D eigenvalue weighted by molar-refractivity contribution is 0.103. The second kappa shape index (κ2) is 5.90. The van der Waals surface area contributed by atoms with Gasteiger partial charge in [0.25, 0.3) is 5.91 Å². The molecule has 2 aromatic carbocycles. The van der Waals surface area contributed by atoms with E-state index in [4.69, 9.17) is 0 Å². The number of hydrogen-bond acceptors (Lipinski definition) is 3. The van der Waals surface area contributed by atoms with Crippen LogP contribution >= 0.6 is 11.3 Å². The van der Waals surface area contributed by atoms with E-state index in [9.17, 15) is 9.18 Å². The highest BCUT2D eigenvalue weighted by atomic mass is 32.1. The Morgan fingerprint density at radius 2 is 1.96 bits per heavy atom. The highest BCUT2D eigenvalue weighted by Crippen LogP contribution is 2.28. The Morgan fingerprint density at radius 1 is 1.12 bits per heavy atom. The van der Waals surface area contributed by atoms with Crippen molar-refractivity contribution in [1.29, 1.82) is 0 Å². The smallest absolute Gasteiger partial charge is 0.265 e. The molecule has 0 atom stereocenters. The van der Waals surface area contributed by atoms with Crippen LogP contribution < -0.4 is 5.32 Å². The predicted octanol–water partition coefficient (Wildman–Crippen LogP) is 4.68. The van der Waals surface area contributed by atoms with Crippen LogP contribution in [0.1, 0.15) is 9.67 Å². The molecule has 4 nitrogen and oxygen atoms in total. The second-order valence-electron chi connectivity index (χ2n) is 5.27. The molecule has 0 aliphatic rings. The second-order valence-corrected chi connectivity index (χ2v) is 6.22. The van der Waals surface area contributed by atoms with E-state index in [2.05, 4.69) is 15.5 Å². The normalized spacial score (nSPS) is 10.9. The summed E-state index contributed by atoms with van der Waals surface area (Å²) < 4.78 is 13.1. The summed E-state index contributed by atoms with van der Waals surface area (Å²) in [7, 11) is 0. The van der Waals surface area contributed by atoms with E-state index in [1.807, 2.05) is 29.6 Å². The topological polar surface area (TPSA) is 57.8 Å². The molecule has 0 spiro atoms. The lowest BCUT2D eigenvalue weighted by atomic mass is 10.1. The van der Waals surface area contributed by atoms with Gasteiger partial charge in [0.1, 0.15) is 5.82 Å². The number of rotatable bonds is 3. The molecule has 4 aromatic rings. The first-order chi connectivity index (χ1) is 11.7. The molecule has 24 heavy (non-hydrogen) atoms. The molecule has 1 amide bonds. The van der Waals surface area contributed by atoms with E-state index in [1.54, 1.807) is 18.2 Å². The van der Waals surface area contributed by atoms with E-state index in [1.165, 1.54) is 23.5 Å². The molecule has 0 saturated carbocycles. The molecular formula is C18H12FN3OS. The highest BCUT2D eigenvalue weighted by molar-refractivity contribution is 7.12. The standard InChI is InChI=1S/C18H12FN3OS/c19-12-5-3-11(4-6-12)17-14-10-13(7-8-15(14)21-22-17)20-18(23)16-2-1-9-24-16/h1-10H,(H,20,23)(H,21,22). The van der Waals surface area contributed by atoms with Crippen molar-refractivity contribution in [2.75, 3.05) is 5.32 Å². The third kappa shape index (κ3) is 2.68. The summed E-state index contributed by atoms with van der Waals surface area (Å²) in [6.07, 6.45) is 0. The fourth-order valence-corrected chi connectivity index (χ4v) is 3.14. The van der Waals surface area contributed by atoms with Gasteiger partial charge < -0.3 is 5.32 Å². The molecule has 0 aliphatic carbocycles. The summed E-state index contributed by atoms with van der Waals surface area (Å²) in [5, 5.41) is 12.9. The Kier molecular flexibility index (Phi) is 3.59. The van der Waals surface area contributed by atoms with E-state index < -0.39 is 0 Å². The molecule has 0 aliphatic heterocycles.